The molecule has 0 heterocycles. The van der Waals surface area contributed by atoms with Gasteiger partial charge in [0.05, 0.1) is 14.2 Å². The van der Waals surface area contributed by atoms with Crippen molar-refractivity contribution < 1.29 is 19.0 Å². The minimum absolute atomic E-state index is 0.168. The molecule has 0 spiro atoms. The number of methoxy groups -OCH3 is 2. The predicted molar refractivity (Wildman–Crippen MR) is 127 cm³/mol. The molecule has 0 atom stereocenters. The summed E-state index contributed by atoms with van der Waals surface area (Å²) < 4.78 is 16.8. The highest BCUT2D eigenvalue weighted by molar-refractivity contribution is 6.30. The van der Waals surface area contributed by atoms with E-state index in [4.69, 9.17) is 25.8 Å². The molecule has 6 heteroatoms. The van der Waals surface area contributed by atoms with Crippen LogP contribution in [0.15, 0.2) is 60.7 Å². The van der Waals surface area contributed by atoms with Crippen molar-refractivity contribution in [1.29, 1.82) is 0 Å². The Balaban J connectivity index is 1.91. The molecule has 0 aliphatic heterocycles. The first-order valence-electron chi connectivity index (χ1n) is 10.3. The Morgan fingerprint density at radius 2 is 1.72 bits per heavy atom. The van der Waals surface area contributed by atoms with Crippen LogP contribution in [0.4, 0.5) is 4.79 Å². The van der Waals surface area contributed by atoms with Crippen molar-refractivity contribution in [3.8, 4) is 22.6 Å². The molecule has 0 bridgehead atoms. The Hall–Kier alpha value is -3.18. The number of nitrogens with zero attached hydrogens (tertiary/aromatic N) is 1. The molecule has 3 aromatic carbocycles. The number of carbonyl (C=O) groups is 1. The predicted octanol–water partition coefficient (Wildman–Crippen LogP) is 6.37. The Morgan fingerprint density at radius 1 is 1.03 bits per heavy atom. The van der Waals surface area contributed by atoms with Gasteiger partial charge in [0.25, 0.3) is 0 Å². The highest BCUT2D eigenvalue weighted by atomic mass is 35.5. The van der Waals surface area contributed by atoms with Gasteiger partial charge >= 0.3 is 6.09 Å². The van der Waals surface area contributed by atoms with Gasteiger partial charge in [-0.2, -0.15) is 0 Å². The SMILES string of the molecule is [CH2]c1cc(OC)c(OC)c(-c2ccccc2)c1CN(CC)C(=O)OCc1ccc(Cl)cc1. The molecular formula is C26H27ClNO4. The maximum absolute atomic E-state index is 12.9. The molecule has 0 aliphatic carbocycles. The van der Waals surface area contributed by atoms with Crippen LogP contribution in [-0.2, 0) is 17.9 Å². The Morgan fingerprint density at radius 3 is 2.31 bits per heavy atom. The normalized spacial score (nSPS) is 10.5. The standard InChI is InChI=1S/C26H27ClNO4/c1-5-28(26(29)32-17-19-11-13-21(27)14-12-19)16-22-18(2)15-23(30-3)25(31-4)24(22)20-9-7-6-8-10-20/h6-15H,2,5,16-17H2,1,3-4H3. The van der Waals surface area contributed by atoms with E-state index < -0.39 is 6.09 Å². The number of hydrogen-bond donors (Lipinski definition) is 0. The third-order valence-electron chi connectivity index (χ3n) is 5.20. The lowest BCUT2D eigenvalue weighted by Gasteiger charge is -2.25. The van der Waals surface area contributed by atoms with Gasteiger partial charge < -0.3 is 19.1 Å². The summed E-state index contributed by atoms with van der Waals surface area (Å²) in [5.41, 5.74) is 4.30. The van der Waals surface area contributed by atoms with Crippen molar-refractivity contribution in [3.63, 3.8) is 0 Å². The van der Waals surface area contributed by atoms with Crippen LogP contribution in [0.1, 0.15) is 23.6 Å². The lowest BCUT2D eigenvalue weighted by molar-refractivity contribution is 0.0956. The number of rotatable bonds is 8. The van der Waals surface area contributed by atoms with Crippen LogP contribution in [0, 0.1) is 6.92 Å². The molecule has 0 aromatic heterocycles. The molecule has 0 saturated heterocycles. The molecule has 32 heavy (non-hydrogen) atoms. The second-order valence-electron chi connectivity index (χ2n) is 7.19. The van der Waals surface area contributed by atoms with Gasteiger partial charge in [-0.1, -0.05) is 54.1 Å². The molecule has 0 fully saturated rings. The highest BCUT2D eigenvalue weighted by Gasteiger charge is 2.23. The number of carbonyl (C=O) groups excluding carboxylic acids is 1. The molecule has 3 rings (SSSR count). The number of benzene rings is 3. The first kappa shape index (κ1) is 23.5. The van der Waals surface area contributed by atoms with Crippen molar-refractivity contribution in [2.45, 2.75) is 20.1 Å². The van der Waals surface area contributed by atoms with E-state index in [2.05, 4.69) is 6.92 Å². The smallest absolute Gasteiger partial charge is 0.410 e. The molecule has 3 aromatic rings. The second-order valence-corrected chi connectivity index (χ2v) is 7.62. The Bertz CT molecular complexity index is 1050. The van der Waals surface area contributed by atoms with Crippen molar-refractivity contribution in [3.05, 3.63) is 89.3 Å². The number of ether oxygens (including phenoxy) is 3. The van der Waals surface area contributed by atoms with E-state index in [0.29, 0.717) is 29.6 Å². The van der Waals surface area contributed by atoms with Crippen LogP contribution in [0.2, 0.25) is 5.02 Å². The fourth-order valence-electron chi connectivity index (χ4n) is 3.49. The van der Waals surface area contributed by atoms with Gasteiger partial charge in [0.15, 0.2) is 11.5 Å². The maximum atomic E-state index is 12.9. The summed E-state index contributed by atoms with van der Waals surface area (Å²) in [7, 11) is 3.20. The minimum Gasteiger partial charge on any atom is -0.493 e. The van der Waals surface area contributed by atoms with Gasteiger partial charge in [-0.25, -0.2) is 4.79 Å². The summed E-state index contributed by atoms with van der Waals surface area (Å²) >= 11 is 5.92. The van der Waals surface area contributed by atoms with E-state index in [0.717, 1.165) is 27.8 Å². The monoisotopic (exact) mass is 452 g/mol. The molecule has 167 valence electrons. The maximum Gasteiger partial charge on any atom is 0.410 e. The van der Waals surface area contributed by atoms with E-state index in [9.17, 15) is 4.79 Å². The molecular weight excluding hydrogens is 426 g/mol. The van der Waals surface area contributed by atoms with Gasteiger partial charge in [0.1, 0.15) is 6.61 Å². The zero-order valence-corrected chi connectivity index (χ0v) is 19.3. The molecule has 5 nitrogen and oxygen atoms in total. The van der Waals surface area contributed by atoms with E-state index in [1.807, 2.05) is 55.5 Å². The van der Waals surface area contributed by atoms with E-state index >= 15 is 0 Å². The van der Waals surface area contributed by atoms with Crippen LogP contribution in [0.25, 0.3) is 11.1 Å². The third-order valence-corrected chi connectivity index (χ3v) is 5.45. The molecule has 1 radical (unpaired) electrons. The summed E-state index contributed by atoms with van der Waals surface area (Å²) in [6.07, 6.45) is -0.407. The summed E-state index contributed by atoms with van der Waals surface area (Å²) in [4.78, 5) is 14.5. The third kappa shape index (κ3) is 5.35. The summed E-state index contributed by atoms with van der Waals surface area (Å²) in [6.45, 7) is 7.08. The van der Waals surface area contributed by atoms with Crippen molar-refractivity contribution >= 4 is 17.7 Å². The van der Waals surface area contributed by atoms with Crippen molar-refractivity contribution in [2.75, 3.05) is 20.8 Å². The van der Waals surface area contributed by atoms with Gasteiger partial charge in [-0.05, 0) is 54.3 Å². The lowest BCUT2D eigenvalue weighted by Crippen LogP contribution is -2.31. The molecule has 1 amide bonds. The summed E-state index contributed by atoms with van der Waals surface area (Å²) in [5, 5.41) is 0.639. The Labute approximate surface area is 194 Å². The van der Waals surface area contributed by atoms with E-state index in [1.165, 1.54) is 0 Å². The van der Waals surface area contributed by atoms with Crippen LogP contribution in [0.5, 0.6) is 11.5 Å². The zero-order valence-electron chi connectivity index (χ0n) is 18.6. The van der Waals surface area contributed by atoms with E-state index in [-0.39, 0.29) is 6.61 Å². The average Bonchev–Trinajstić information content (AvgIpc) is 2.82. The van der Waals surface area contributed by atoms with Gasteiger partial charge in [0, 0.05) is 23.7 Å². The largest absolute Gasteiger partial charge is 0.493 e. The fraction of sp³-hybridized carbons (Fsp3) is 0.231. The first-order valence-corrected chi connectivity index (χ1v) is 10.7. The van der Waals surface area contributed by atoms with Gasteiger partial charge in [0.2, 0.25) is 0 Å². The Kier molecular flexibility index (Phi) is 8.01. The lowest BCUT2D eigenvalue weighted by atomic mass is 9.93. The number of amides is 1. The second kappa shape index (κ2) is 10.9. The number of hydrogen-bond acceptors (Lipinski definition) is 4. The molecule has 0 N–H and O–H groups in total. The molecule has 0 aliphatic rings. The first-order chi connectivity index (χ1) is 15.5. The minimum atomic E-state index is -0.407. The van der Waals surface area contributed by atoms with Crippen LogP contribution < -0.4 is 9.47 Å². The van der Waals surface area contributed by atoms with Crippen LogP contribution >= 0.6 is 11.6 Å². The quantitative estimate of drug-likeness (QED) is 0.398. The van der Waals surface area contributed by atoms with Crippen molar-refractivity contribution in [2.24, 2.45) is 0 Å². The van der Waals surface area contributed by atoms with Gasteiger partial charge in [-0.15, -0.1) is 0 Å². The average molecular weight is 453 g/mol. The molecule has 0 unspecified atom stereocenters. The molecule has 0 saturated carbocycles. The summed E-state index contributed by atoms with van der Waals surface area (Å²) in [6, 6.07) is 18.9. The van der Waals surface area contributed by atoms with E-state index in [1.54, 1.807) is 31.3 Å². The van der Waals surface area contributed by atoms with Crippen LogP contribution in [0.3, 0.4) is 0 Å². The fourth-order valence-corrected chi connectivity index (χ4v) is 3.62. The van der Waals surface area contributed by atoms with Gasteiger partial charge in [-0.3, -0.25) is 0 Å². The highest BCUT2D eigenvalue weighted by Crippen LogP contribution is 2.43. The topological polar surface area (TPSA) is 48.0 Å². The van der Waals surface area contributed by atoms with Crippen molar-refractivity contribution in [1.82, 2.24) is 4.90 Å². The van der Waals surface area contributed by atoms with Crippen LogP contribution in [-0.4, -0.2) is 31.8 Å². The zero-order chi connectivity index (χ0) is 23.1. The summed E-state index contributed by atoms with van der Waals surface area (Å²) in [5.74, 6) is 1.19. The number of halogens is 1.